The van der Waals surface area contributed by atoms with Gasteiger partial charge in [-0.05, 0) is 24.3 Å². The van der Waals surface area contributed by atoms with Crippen molar-refractivity contribution in [3.63, 3.8) is 0 Å². The molecule has 2 aromatic carbocycles. The van der Waals surface area contributed by atoms with Crippen LogP contribution in [0.2, 0.25) is 10.0 Å². The van der Waals surface area contributed by atoms with Crippen molar-refractivity contribution in [3.05, 3.63) is 75.0 Å². The molecule has 0 aliphatic heterocycles. The van der Waals surface area contributed by atoms with Gasteiger partial charge in [0.25, 0.3) is 0 Å². The average Bonchev–Trinajstić information content (AvgIpc) is 2.60. The number of nitrogens with zero attached hydrogens (tertiary/aromatic N) is 3. The van der Waals surface area contributed by atoms with Gasteiger partial charge in [0.1, 0.15) is 6.33 Å². The van der Waals surface area contributed by atoms with Crippen LogP contribution < -0.4 is 5.32 Å². The lowest BCUT2D eigenvalue weighted by Gasteiger charge is -2.10. The molecule has 1 N–H and O–H groups in total. The van der Waals surface area contributed by atoms with Gasteiger partial charge in [0.15, 0.2) is 5.03 Å². The Labute approximate surface area is 157 Å². The second-order valence-corrected chi connectivity index (χ2v) is 6.62. The summed E-state index contributed by atoms with van der Waals surface area (Å²) in [5, 5.41) is 15.3. The lowest BCUT2D eigenvalue weighted by Crippen LogP contribution is -2.03. The standard InChI is InChI=1S/C16H10Cl2N4O2S/c17-11-7-4-8-12(13(11)18)21-15-14(22(23)24)16(20-9-19-15)25-10-5-2-1-3-6-10/h1-9H,(H,19,20,21). The zero-order valence-electron chi connectivity index (χ0n) is 12.5. The Morgan fingerprint density at radius 2 is 1.80 bits per heavy atom. The van der Waals surface area contributed by atoms with Crippen molar-refractivity contribution in [1.29, 1.82) is 0 Å². The molecule has 0 spiro atoms. The highest BCUT2D eigenvalue weighted by Crippen LogP contribution is 2.39. The molecule has 3 aromatic rings. The second-order valence-electron chi connectivity index (χ2n) is 4.77. The van der Waals surface area contributed by atoms with Gasteiger partial charge in [-0.1, -0.05) is 59.2 Å². The molecule has 1 aromatic heterocycles. The molecule has 6 nitrogen and oxygen atoms in total. The fourth-order valence-electron chi connectivity index (χ4n) is 2.02. The van der Waals surface area contributed by atoms with Crippen LogP contribution in [0.4, 0.5) is 17.2 Å². The molecular formula is C16H10Cl2N4O2S. The Morgan fingerprint density at radius 1 is 1.04 bits per heavy atom. The predicted molar refractivity (Wildman–Crippen MR) is 99.0 cm³/mol. The van der Waals surface area contributed by atoms with E-state index >= 15 is 0 Å². The van der Waals surface area contributed by atoms with Gasteiger partial charge in [0.2, 0.25) is 5.82 Å². The second kappa shape index (κ2) is 7.69. The van der Waals surface area contributed by atoms with Gasteiger partial charge in [0.05, 0.1) is 20.7 Å². The average molecular weight is 393 g/mol. The molecule has 25 heavy (non-hydrogen) atoms. The summed E-state index contributed by atoms with van der Waals surface area (Å²) in [6.45, 7) is 0. The molecule has 126 valence electrons. The summed E-state index contributed by atoms with van der Waals surface area (Å²) in [4.78, 5) is 19.9. The van der Waals surface area contributed by atoms with Gasteiger partial charge in [-0.3, -0.25) is 10.1 Å². The third-order valence-electron chi connectivity index (χ3n) is 3.13. The minimum atomic E-state index is -0.522. The van der Waals surface area contributed by atoms with Crippen LogP contribution in [0.25, 0.3) is 0 Å². The minimum absolute atomic E-state index is 0.0441. The van der Waals surface area contributed by atoms with E-state index in [0.29, 0.717) is 10.7 Å². The van der Waals surface area contributed by atoms with E-state index in [1.165, 1.54) is 18.1 Å². The highest BCUT2D eigenvalue weighted by molar-refractivity contribution is 7.99. The highest BCUT2D eigenvalue weighted by Gasteiger charge is 2.24. The van der Waals surface area contributed by atoms with Crippen LogP contribution in [0.1, 0.15) is 0 Å². The summed E-state index contributed by atoms with van der Waals surface area (Å²) in [5.74, 6) is 0.0441. The van der Waals surface area contributed by atoms with Gasteiger partial charge in [-0.25, -0.2) is 9.97 Å². The molecule has 0 fully saturated rings. The first-order chi connectivity index (χ1) is 12.1. The summed E-state index contributed by atoms with van der Waals surface area (Å²) >= 11 is 13.3. The molecule has 0 unspecified atom stereocenters. The lowest BCUT2D eigenvalue weighted by molar-refractivity contribution is -0.387. The number of hydrogen-bond donors (Lipinski definition) is 1. The lowest BCUT2D eigenvalue weighted by atomic mass is 10.3. The van der Waals surface area contributed by atoms with Crippen LogP contribution >= 0.6 is 35.0 Å². The Balaban J connectivity index is 2.01. The van der Waals surface area contributed by atoms with E-state index in [1.807, 2.05) is 30.3 Å². The molecule has 9 heteroatoms. The highest BCUT2D eigenvalue weighted by atomic mass is 35.5. The van der Waals surface area contributed by atoms with Crippen molar-refractivity contribution >= 4 is 52.2 Å². The van der Waals surface area contributed by atoms with Crippen molar-refractivity contribution < 1.29 is 4.92 Å². The zero-order valence-corrected chi connectivity index (χ0v) is 14.8. The molecule has 0 amide bonds. The minimum Gasteiger partial charge on any atom is -0.333 e. The Morgan fingerprint density at radius 3 is 2.52 bits per heavy atom. The number of nitrogens with one attached hydrogen (secondary N) is 1. The number of hydrogen-bond acceptors (Lipinski definition) is 6. The fraction of sp³-hybridized carbons (Fsp3) is 0. The predicted octanol–water partition coefficient (Wildman–Crippen LogP) is 5.59. The Kier molecular flexibility index (Phi) is 5.37. The van der Waals surface area contributed by atoms with Gasteiger partial charge in [0, 0.05) is 4.90 Å². The van der Waals surface area contributed by atoms with E-state index in [1.54, 1.807) is 18.2 Å². The molecule has 1 heterocycles. The number of halogens is 2. The molecule has 0 aliphatic carbocycles. The van der Waals surface area contributed by atoms with E-state index in [4.69, 9.17) is 23.2 Å². The number of benzene rings is 2. The van der Waals surface area contributed by atoms with E-state index in [-0.39, 0.29) is 21.6 Å². The van der Waals surface area contributed by atoms with Gasteiger partial charge >= 0.3 is 5.69 Å². The van der Waals surface area contributed by atoms with E-state index in [9.17, 15) is 10.1 Å². The number of nitro groups is 1. The molecule has 0 saturated carbocycles. The van der Waals surface area contributed by atoms with E-state index in [2.05, 4.69) is 15.3 Å². The molecular weight excluding hydrogens is 383 g/mol. The van der Waals surface area contributed by atoms with Crippen LogP contribution in [0.5, 0.6) is 0 Å². The smallest absolute Gasteiger partial charge is 0.333 e. The van der Waals surface area contributed by atoms with Crippen LogP contribution in [0, 0.1) is 10.1 Å². The fourth-order valence-corrected chi connectivity index (χ4v) is 3.25. The topological polar surface area (TPSA) is 81.0 Å². The number of anilines is 2. The molecule has 3 rings (SSSR count). The van der Waals surface area contributed by atoms with Crippen LogP contribution in [0.15, 0.2) is 64.8 Å². The van der Waals surface area contributed by atoms with Crippen molar-refractivity contribution in [2.75, 3.05) is 5.32 Å². The van der Waals surface area contributed by atoms with Gasteiger partial charge in [-0.2, -0.15) is 0 Å². The number of rotatable bonds is 5. The first kappa shape index (κ1) is 17.5. The van der Waals surface area contributed by atoms with Crippen molar-refractivity contribution in [1.82, 2.24) is 9.97 Å². The largest absolute Gasteiger partial charge is 0.343 e. The molecule has 0 radical (unpaired) electrons. The molecule has 0 aliphatic rings. The molecule has 0 saturated heterocycles. The third kappa shape index (κ3) is 4.01. The summed E-state index contributed by atoms with van der Waals surface area (Å²) in [6, 6.07) is 14.2. The van der Waals surface area contributed by atoms with Crippen LogP contribution in [-0.4, -0.2) is 14.9 Å². The SMILES string of the molecule is O=[N+]([O-])c1c(Nc2cccc(Cl)c2Cl)ncnc1Sc1ccccc1. The van der Waals surface area contributed by atoms with Crippen LogP contribution in [-0.2, 0) is 0 Å². The summed E-state index contributed by atoms with van der Waals surface area (Å²) in [6.07, 6.45) is 1.26. The maximum Gasteiger partial charge on any atom is 0.343 e. The number of aromatic nitrogens is 2. The quantitative estimate of drug-likeness (QED) is 0.346. The van der Waals surface area contributed by atoms with E-state index < -0.39 is 4.92 Å². The normalized spacial score (nSPS) is 10.5. The molecule has 0 bridgehead atoms. The first-order valence-corrected chi connectivity index (χ1v) is 8.57. The molecule has 0 atom stereocenters. The van der Waals surface area contributed by atoms with Crippen molar-refractivity contribution in [2.45, 2.75) is 9.92 Å². The maximum absolute atomic E-state index is 11.6. The monoisotopic (exact) mass is 392 g/mol. The summed E-state index contributed by atoms with van der Waals surface area (Å²) < 4.78 is 0. The zero-order chi connectivity index (χ0) is 17.8. The Hall–Kier alpha value is -2.35. The van der Waals surface area contributed by atoms with Gasteiger partial charge < -0.3 is 5.32 Å². The van der Waals surface area contributed by atoms with Crippen molar-refractivity contribution in [3.8, 4) is 0 Å². The van der Waals surface area contributed by atoms with E-state index in [0.717, 1.165) is 4.90 Å². The summed E-state index contributed by atoms with van der Waals surface area (Å²) in [7, 11) is 0. The Bertz CT molecular complexity index is 925. The summed E-state index contributed by atoms with van der Waals surface area (Å²) in [5.41, 5.74) is 0.194. The van der Waals surface area contributed by atoms with Crippen LogP contribution in [0.3, 0.4) is 0 Å². The van der Waals surface area contributed by atoms with Gasteiger partial charge in [-0.15, -0.1) is 0 Å². The van der Waals surface area contributed by atoms with Crippen molar-refractivity contribution in [2.24, 2.45) is 0 Å². The third-order valence-corrected chi connectivity index (χ3v) is 4.95. The maximum atomic E-state index is 11.6. The first-order valence-electron chi connectivity index (χ1n) is 6.99.